The molecule has 96 valence electrons. The highest BCUT2D eigenvalue weighted by Gasteiger charge is 2.07. The minimum absolute atomic E-state index is 0.140. The summed E-state index contributed by atoms with van der Waals surface area (Å²) in [5.74, 6) is 1.96. The Kier molecular flexibility index (Phi) is 4.30. The van der Waals surface area contributed by atoms with Gasteiger partial charge in [-0.25, -0.2) is 0 Å². The summed E-state index contributed by atoms with van der Waals surface area (Å²) in [6.45, 7) is 2.27. The van der Waals surface area contributed by atoms with Gasteiger partial charge in [0.1, 0.15) is 5.75 Å². The number of ether oxygens (including phenoxy) is 1. The van der Waals surface area contributed by atoms with E-state index in [1.165, 1.54) is 0 Å². The van der Waals surface area contributed by atoms with Gasteiger partial charge in [0.2, 0.25) is 11.7 Å². The van der Waals surface area contributed by atoms with Crippen molar-refractivity contribution in [1.29, 1.82) is 0 Å². The third-order valence-electron chi connectivity index (χ3n) is 2.43. The first-order chi connectivity index (χ1) is 8.74. The lowest BCUT2D eigenvalue weighted by Crippen LogP contribution is -2.15. The molecule has 2 aromatic rings. The average Bonchev–Trinajstić information content (AvgIpc) is 2.83. The summed E-state index contributed by atoms with van der Waals surface area (Å²) in [4.78, 5) is 4.24. The minimum atomic E-state index is 0.140. The van der Waals surface area contributed by atoms with Gasteiger partial charge in [-0.2, -0.15) is 4.98 Å². The third-order valence-corrected chi connectivity index (χ3v) is 2.43. The van der Waals surface area contributed by atoms with E-state index in [-0.39, 0.29) is 6.04 Å². The van der Waals surface area contributed by atoms with E-state index < -0.39 is 0 Å². The van der Waals surface area contributed by atoms with Crippen molar-refractivity contribution < 1.29 is 9.26 Å². The Bertz CT molecular complexity index is 468. The molecule has 0 amide bonds. The number of aryl methyl sites for hydroxylation is 1. The molecule has 0 saturated carbocycles. The van der Waals surface area contributed by atoms with Crippen molar-refractivity contribution in [3.63, 3.8) is 0 Å². The molecule has 0 saturated heterocycles. The first-order valence-electron chi connectivity index (χ1n) is 5.99. The molecule has 1 aromatic heterocycles. The Morgan fingerprint density at radius 3 is 2.83 bits per heavy atom. The highest BCUT2D eigenvalue weighted by Crippen LogP contribution is 2.10. The van der Waals surface area contributed by atoms with E-state index in [1.54, 1.807) is 0 Å². The molecule has 1 unspecified atom stereocenters. The summed E-state index contributed by atoms with van der Waals surface area (Å²) in [7, 11) is 0. The molecule has 1 atom stereocenters. The number of nitrogens with zero attached hydrogens (tertiary/aromatic N) is 2. The lowest BCUT2D eigenvalue weighted by Gasteiger charge is -2.01. The fourth-order valence-corrected chi connectivity index (χ4v) is 1.47. The van der Waals surface area contributed by atoms with Crippen LogP contribution >= 0.6 is 0 Å². The van der Waals surface area contributed by atoms with Crippen molar-refractivity contribution in [3.8, 4) is 5.75 Å². The van der Waals surface area contributed by atoms with Gasteiger partial charge >= 0.3 is 0 Å². The first-order valence-corrected chi connectivity index (χ1v) is 5.99. The predicted octanol–water partition coefficient (Wildman–Crippen LogP) is 1.93. The quantitative estimate of drug-likeness (QED) is 0.844. The van der Waals surface area contributed by atoms with E-state index in [0.717, 1.165) is 12.2 Å². The first kappa shape index (κ1) is 12.6. The van der Waals surface area contributed by atoms with Gasteiger partial charge in [-0.3, -0.25) is 0 Å². The molecule has 0 bridgehead atoms. The summed E-state index contributed by atoms with van der Waals surface area (Å²) in [6, 6.07) is 9.68. The van der Waals surface area contributed by atoms with E-state index >= 15 is 0 Å². The fourth-order valence-electron chi connectivity index (χ4n) is 1.47. The van der Waals surface area contributed by atoms with Crippen molar-refractivity contribution in [2.75, 3.05) is 0 Å². The summed E-state index contributed by atoms with van der Waals surface area (Å²) in [5, 5.41) is 3.86. The maximum absolute atomic E-state index is 5.67. The number of rotatable bonds is 6. The van der Waals surface area contributed by atoms with Crippen molar-refractivity contribution in [2.24, 2.45) is 5.73 Å². The zero-order valence-electron chi connectivity index (χ0n) is 10.4. The van der Waals surface area contributed by atoms with Gasteiger partial charge in [0.15, 0.2) is 6.61 Å². The predicted molar refractivity (Wildman–Crippen MR) is 67.0 cm³/mol. The van der Waals surface area contributed by atoms with Crippen LogP contribution in [0.3, 0.4) is 0 Å². The van der Waals surface area contributed by atoms with Crippen LogP contribution in [0.1, 0.15) is 25.1 Å². The van der Waals surface area contributed by atoms with Crippen LogP contribution in [-0.4, -0.2) is 16.2 Å². The van der Waals surface area contributed by atoms with Crippen LogP contribution in [-0.2, 0) is 13.0 Å². The Morgan fingerprint density at radius 2 is 2.11 bits per heavy atom. The van der Waals surface area contributed by atoms with Gasteiger partial charge in [-0.15, -0.1) is 0 Å². The molecule has 0 aliphatic carbocycles. The van der Waals surface area contributed by atoms with Gasteiger partial charge < -0.3 is 15.0 Å². The molecule has 0 aliphatic heterocycles. The number of nitrogens with two attached hydrogens (primary N) is 1. The van der Waals surface area contributed by atoms with Gasteiger partial charge in [0, 0.05) is 12.5 Å². The molecule has 5 nitrogen and oxygen atoms in total. The summed E-state index contributed by atoms with van der Waals surface area (Å²) < 4.78 is 10.6. The zero-order valence-corrected chi connectivity index (χ0v) is 10.4. The topological polar surface area (TPSA) is 74.2 Å². The summed E-state index contributed by atoms with van der Waals surface area (Å²) in [5.41, 5.74) is 5.67. The maximum atomic E-state index is 5.67. The number of hydrogen-bond donors (Lipinski definition) is 1. The van der Waals surface area contributed by atoms with Crippen LogP contribution < -0.4 is 10.5 Å². The summed E-state index contributed by atoms with van der Waals surface area (Å²) in [6.07, 6.45) is 1.54. The van der Waals surface area contributed by atoms with E-state index in [9.17, 15) is 0 Å². The molecule has 1 aromatic carbocycles. The second-order valence-electron chi connectivity index (χ2n) is 4.22. The number of para-hydroxylation sites is 1. The van der Waals surface area contributed by atoms with Gasteiger partial charge in [0.05, 0.1) is 0 Å². The van der Waals surface area contributed by atoms with Crippen LogP contribution in [0.25, 0.3) is 0 Å². The van der Waals surface area contributed by atoms with Crippen LogP contribution in [0.4, 0.5) is 0 Å². The van der Waals surface area contributed by atoms with Gasteiger partial charge in [-0.1, -0.05) is 23.4 Å². The van der Waals surface area contributed by atoms with E-state index in [2.05, 4.69) is 10.1 Å². The van der Waals surface area contributed by atoms with Crippen molar-refractivity contribution >= 4 is 0 Å². The number of aromatic nitrogens is 2. The highest BCUT2D eigenvalue weighted by atomic mass is 16.5. The van der Waals surface area contributed by atoms with Crippen molar-refractivity contribution in [3.05, 3.63) is 42.0 Å². The second-order valence-corrected chi connectivity index (χ2v) is 4.22. The lowest BCUT2D eigenvalue weighted by atomic mass is 10.2. The van der Waals surface area contributed by atoms with Crippen molar-refractivity contribution in [1.82, 2.24) is 10.1 Å². The molecule has 0 radical (unpaired) electrons. The maximum Gasteiger partial charge on any atom is 0.226 e. The largest absolute Gasteiger partial charge is 0.485 e. The van der Waals surface area contributed by atoms with Crippen LogP contribution in [0.2, 0.25) is 0 Å². The van der Waals surface area contributed by atoms with Gasteiger partial charge in [-0.05, 0) is 25.5 Å². The Labute approximate surface area is 106 Å². The number of benzene rings is 1. The lowest BCUT2D eigenvalue weighted by molar-refractivity contribution is 0.285. The molecule has 18 heavy (non-hydrogen) atoms. The Morgan fingerprint density at radius 1 is 1.33 bits per heavy atom. The van der Waals surface area contributed by atoms with Crippen molar-refractivity contribution in [2.45, 2.75) is 32.4 Å². The fraction of sp³-hybridized carbons (Fsp3) is 0.385. The molecular formula is C13H17N3O2. The Balaban J connectivity index is 1.83. The monoisotopic (exact) mass is 247 g/mol. The molecule has 2 rings (SSSR count). The molecule has 5 heteroatoms. The molecule has 0 spiro atoms. The average molecular weight is 247 g/mol. The SMILES string of the molecule is CC(N)CCc1nc(COc2ccccc2)no1. The van der Waals surface area contributed by atoms with Crippen LogP contribution in [0.15, 0.2) is 34.9 Å². The third kappa shape index (κ3) is 3.85. The Hall–Kier alpha value is -1.88. The molecule has 0 aliphatic rings. The van der Waals surface area contributed by atoms with E-state index in [1.807, 2.05) is 37.3 Å². The normalized spacial score (nSPS) is 12.3. The van der Waals surface area contributed by atoms with E-state index in [4.69, 9.17) is 15.0 Å². The molecule has 1 heterocycles. The number of hydrogen-bond acceptors (Lipinski definition) is 5. The smallest absolute Gasteiger partial charge is 0.226 e. The van der Waals surface area contributed by atoms with Gasteiger partial charge in [0.25, 0.3) is 0 Å². The molecule has 0 fully saturated rings. The van der Waals surface area contributed by atoms with Crippen LogP contribution in [0.5, 0.6) is 5.75 Å². The minimum Gasteiger partial charge on any atom is -0.485 e. The summed E-state index contributed by atoms with van der Waals surface area (Å²) >= 11 is 0. The zero-order chi connectivity index (χ0) is 12.8. The molecular weight excluding hydrogens is 230 g/mol. The highest BCUT2D eigenvalue weighted by molar-refractivity contribution is 5.20. The standard InChI is InChI=1S/C13H17N3O2/c1-10(14)7-8-13-15-12(16-18-13)9-17-11-5-3-2-4-6-11/h2-6,10H,7-9,14H2,1H3. The molecule has 2 N–H and O–H groups in total. The van der Waals surface area contributed by atoms with E-state index in [0.29, 0.717) is 24.7 Å². The second kappa shape index (κ2) is 6.16. The van der Waals surface area contributed by atoms with Crippen LogP contribution in [0, 0.1) is 0 Å².